The van der Waals surface area contributed by atoms with Crippen LogP contribution in [0.3, 0.4) is 0 Å². The van der Waals surface area contributed by atoms with E-state index in [-0.39, 0.29) is 0 Å². The summed E-state index contributed by atoms with van der Waals surface area (Å²) < 4.78 is 1.59. The Morgan fingerprint density at radius 3 is 3.27 bits per heavy atom. The van der Waals surface area contributed by atoms with Gasteiger partial charge in [-0.05, 0) is 12.1 Å². The molecular formula is C7H6N4. The van der Waals surface area contributed by atoms with Crippen molar-refractivity contribution in [1.82, 2.24) is 20.0 Å². The summed E-state index contributed by atoms with van der Waals surface area (Å²) in [5.74, 6) is 0. The van der Waals surface area contributed by atoms with Crippen LogP contribution in [0.2, 0.25) is 0 Å². The molecule has 0 saturated carbocycles. The SMILES string of the molecule is C=Cn1nnc2ncccc21. The molecule has 0 aromatic carbocycles. The molecule has 0 aliphatic heterocycles. The molecule has 11 heavy (non-hydrogen) atoms. The van der Waals surface area contributed by atoms with Crippen LogP contribution in [0.1, 0.15) is 0 Å². The zero-order chi connectivity index (χ0) is 7.68. The lowest BCUT2D eigenvalue weighted by Gasteiger charge is -1.88. The van der Waals surface area contributed by atoms with Gasteiger partial charge in [0.2, 0.25) is 5.65 Å². The minimum absolute atomic E-state index is 0.646. The fraction of sp³-hybridized carbons (Fsp3) is 0. The van der Waals surface area contributed by atoms with Gasteiger partial charge in [-0.2, -0.15) is 0 Å². The van der Waals surface area contributed by atoms with E-state index in [0.29, 0.717) is 5.65 Å². The van der Waals surface area contributed by atoms with Crippen molar-refractivity contribution < 1.29 is 0 Å². The Kier molecular flexibility index (Phi) is 1.18. The lowest BCUT2D eigenvalue weighted by atomic mass is 10.4. The van der Waals surface area contributed by atoms with Gasteiger partial charge in [0, 0.05) is 12.4 Å². The second kappa shape index (κ2) is 2.16. The first-order valence-electron chi connectivity index (χ1n) is 3.20. The number of hydrogen-bond donors (Lipinski definition) is 0. The molecule has 0 bridgehead atoms. The van der Waals surface area contributed by atoms with Gasteiger partial charge in [-0.15, -0.1) is 5.10 Å². The van der Waals surface area contributed by atoms with Crippen molar-refractivity contribution in [1.29, 1.82) is 0 Å². The van der Waals surface area contributed by atoms with E-state index < -0.39 is 0 Å². The zero-order valence-electron chi connectivity index (χ0n) is 5.81. The van der Waals surface area contributed by atoms with Crippen LogP contribution in [0.15, 0.2) is 24.9 Å². The summed E-state index contributed by atoms with van der Waals surface area (Å²) >= 11 is 0. The fourth-order valence-corrected chi connectivity index (χ4v) is 0.918. The third-order valence-corrected chi connectivity index (χ3v) is 1.42. The Balaban J connectivity index is 2.86. The Bertz CT molecular complexity index is 390. The van der Waals surface area contributed by atoms with Crippen LogP contribution in [0, 0.1) is 0 Å². The predicted octanol–water partition coefficient (Wildman–Crippen LogP) is 0.927. The molecule has 0 amide bonds. The Morgan fingerprint density at radius 2 is 2.45 bits per heavy atom. The van der Waals surface area contributed by atoms with Gasteiger partial charge in [0.15, 0.2) is 0 Å². The summed E-state index contributed by atoms with van der Waals surface area (Å²) in [4.78, 5) is 4.01. The van der Waals surface area contributed by atoms with Gasteiger partial charge >= 0.3 is 0 Å². The minimum Gasteiger partial charge on any atom is -0.234 e. The molecule has 2 aromatic rings. The highest BCUT2D eigenvalue weighted by molar-refractivity contribution is 5.71. The summed E-state index contributed by atoms with van der Waals surface area (Å²) in [5, 5.41) is 7.62. The molecule has 4 heteroatoms. The summed E-state index contributed by atoms with van der Waals surface area (Å²) in [7, 11) is 0. The van der Waals surface area contributed by atoms with E-state index in [0.717, 1.165) is 5.52 Å². The van der Waals surface area contributed by atoms with Gasteiger partial charge in [0.25, 0.3) is 0 Å². The van der Waals surface area contributed by atoms with Crippen molar-refractivity contribution in [3.05, 3.63) is 24.9 Å². The molecule has 4 nitrogen and oxygen atoms in total. The fourth-order valence-electron chi connectivity index (χ4n) is 0.918. The summed E-state index contributed by atoms with van der Waals surface area (Å²) in [6, 6.07) is 3.73. The molecule has 0 unspecified atom stereocenters. The van der Waals surface area contributed by atoms with Gasteiger partial charge in [-0.3, -0.25) is 0 Å². The van der Waals surface area contributed by atoms with Crippen LogP contribution in [0.4, 0.5) is 0 Å². The lowest BCUT2D eigenvalue weighted by molar-refractivity contribution is 0.860. The van der Waals surface area contributed by atoms with Crippen LogP contribution in [0.5, 0.6) is 0 Å². The molecule has 0 N–H and O–H groups in total. The molecule has 2 rings (SSSR count). The first-order valence-corrected chi connectivity index (χ1v) is 3.20. The largest absolute Gasteiger partial charge is 0.234 e. The Morgan fingerprint density at radius 1 is 1.55 bits per heavy atom. The molecule has 0 radical (unpaired) electrons. The lowest BCUT2D eigenvalue weighted by Crippen LogP contribution is -1.86. The highest BCUT2D eigenvalue weighted by Gasteiger charge is 1.99. The number of rotatable bonds is 1. The van der Waals surface area contributed by atoms with Gasteiger partial charge in [-0.1, -0.05) is 11.8 Å². The third kappa shape index (κ3) is 0.797. The van der Waals surface area contributed by atoms with Crippen molar-refractivity contribution in [3.63, 3.8) is 0 Å². The van der Waals surface area contributed by atoms with E-state index in [2.05, 4.69) is 21.9 Å². The van der Waals surface area contributed by atoms with Crippen LogP contribution in [0.25, 0.3) is 17.4 Å². The number of pyridine rings is 1. The first kappa shape index (κ1) is 6.03. The second-order valence-electron chi connectivity index (χ2n) is 2.06. The molecule has 0 atom stereocenters. The molecule has 0 fully saturated rings. The average molecular weight is 146 g/mol. The molecule has 0 aliphatic carbocycles. The van der Waals surface area contributed by atoms with Crippen LogP contribution >= 0.6 is 0 Å². The molecule has 2 heterocycles. The quantitative estimate of drug-likeness (QED) is 0.601. The maximum absolute atomic E-state index is 4.01. The van der Waals surface area contributed by atoms with Gasteiger partial charge < -0.3 is 0 Å². The van der Waals surface area contributed by atoms with Crippen molar-refractivity contribution in [3.8, 4) is 0 Å². The van der Waals surface area contributed by atoms with Crippen molar-refractivity contribution >= 4 is 17.4 Å². The monoisotopic (exact) mass is 146 g/mol. The summed E-state index contributed by atoms with van der Waals surface area (Å²) in [5.41, 5.74) is 1.52. The topological polar surface area (TPSA) is 43.6 Å². The van der Waals surface area contributed by atoms with E-state index in [4.69, 9.17) is 0 Å². The highest BCUT2D eigenvalue weighted by Crippen LogP contribution is 2.05. The van der Waals surface area contributed by atoms with E-state index in [1.807, 2.05) is 12.1 Å². The van der Waals surface area contributed by atoms with Crippen molar-refractivity contribution in [2.75, 3.05) is 0 Å². The smallest absolute Gasteiger partial charge is 0.202 e. The molecule has 0 aliphatic rings. The van der Waals surface area contributed by atoms with Crippen LogP contribution in [-0.2, 0) is 0 Å². The standard InChI is InChI=1S/C7H6N4/c1-2-11-6-4-3-5-8-7(6)9-10-11/h2-5H,1H2. The molecular weight excluding hydrogens is 140 g/mol. The van der Waals surface area contributed by atoms with E-state index in [1.165, 1.54) is 0 Å². The third-order valence-electron chi connectivity index (χ3n) is 1.42. The number of aromatic nitrogens is 4. The molecule has 0 spiro atoms. The molecule has 54 valence electrons. The number of nitrogens with zero attached hydrogens (tertiary/aromatic N) is 4. The van der Waals surface area contributed by atoms with Gasteiger partial charge in [-0.25, -0.2) is 9.67 Å². The summed E-state index contributed by atoms with van der Waals surface area (Å²) in [6.45, 7) is 3.59. The summed E-state index contributed by atoms with van der Waals surface area (Å²) in [6.07, 6.45) is 3.28. The molecule has 2 aromatic heterocycles. The maximum Gasteiger partial charge on any atom is 0.202 e. The Labute approximate surface area is 63.2 Å². The van der Waals surface area contributed by atoms with Crippen molar-refractivity contribution in [2.24, 2.45) is 0 Å². The average Bonchev–Trinajstić information content (AvgIpc) is 2.47. The zero-order valence-corrected chi connectivity index (χ0v) is 5.81. The van der Waals surface area contributed by atoms with E-state index >= 15 is 0 Å². The predicted molar refractivity (Wildman–Crippen MR) is 41.7 cm³/mol. The number of fused-ring (bicyclic) bond motifs is 1. The van der Waals surface area contributed by atoms with E-state index in [9.17, 15) is 0 Å². The number of hydrogen-bond acceptors (Lipinski definition) is 3. The van der Waals surface area contributed by atoms with Gasteiger partial charge in [0.05, 0.1) is 0 Å². The minimum atomic E-state index is 0.646. The molecule has 0 saturated heterocycles. The normalized spacial score (nSPS) is 10.2. The van der Waals surface area contributed by atoms with Gasteiger partial charge in [0.1, 0.15) is 5.52 Å². The Hall–Kier alpha value is -1.71. The second-order valence-corrected chi connectivity index (χ2v) is 2.06. The van der Waals surface area contributed by atoms with E-state index in [1.54, 1.807) is 17.1 Å². The first-order chi connectivity index (χ1) is 5.42. The highest BCUT2D eigenvalue weighted by atomic mass is 15.4. The van der Waals surface area contributed by atoms with Crippen molar-refractivity contribution in [2.45, 2.75) is 0 Å². The maximum atomic E-state index is 4.01. The van der Waals surface area contributed by atoms with Crippen LogP contribution < -0.4 is 0 Å². The van der Waals surface area contributed by atoms with Crippen LogP contribution in [-0.4, -0.2) is 20.0 Å².